The molecule has 172 valence electrons. The molecule has 0 radical (unpaired) electrons. The van der Waals surface area contributed by atoms with Gasteiger partial charge in [-0.3, -0.25) is 4.79 Å². The molecule has 0 N–H and O–H groups in total. The standard InChI is InChI=1S/C31H25FN2O/c1-20(21-10-4-3-5-11-21)34-30(24-12-6-7-13-25(24)31(34)35)28-26-14-8-9-15-27(26)33(2)29(28)22-16-18-23(32)19-17-22/h3-20,30H,1-2H3/t20-,30+/m0/s1. The van der Waals surface area contributed by atoms with Gasteiger partial charge in [-0.25, -0.2) is 4.39 Å². The number of aryl methyl sites for hydroxylation is 1. The number of hydrogen-bond donors (Lipinski definition) is 0. The molecule has 0 saturated heterocycles. The number of amides is 1. The number of rotatable bonds is 4. The minimum atomic E-state index is -0.278. The minimum Gasteiger partial charge on any atom is -0.343 e. The van der Waals surface area contributed by atoms with Gasteiger partial charge in [0, 0.05) is 29.1 Å². The lowest BCUT2D eigenvalue weighted by molar-refractivity contribution is 0.0678. The number of carbonyl (C=O) groups excluding carboxylic acids is 1. The molecular weight excluding hydrogens is 435 g/mol. The number of nitrogens with zero attached hydrogens (tertiary/aromatic N) is 2. The summed E-state index contributed by atoms with van der Waals surface area (Å²) in [5.74, 6) is -0.241. The maximum absolute atomic E-state index is 13.9. The van der Waals surface area contributed by atoms with E-state index in [0.29, 0.717) is 0 Å². The van der Waals surface area contributed by atoms with Crippen LogP contribution in [-0.2, 0) is 7.05 Å². The molecule has 3 nitrogen and oxygen atoms in total. The van der Waals surface area contributed by atoms with Crippen LogP contribution in [-0.4, -0.2) is 15.4 Å². The van der Waals surface area contributed by atoms with Crippen LogP contribution in [0.2, 0.25) is 0 Å². The van der Waals surface area contributed by atoms with E-state index in [9.17, 15) is 9.18 Å². The first-order chi connectivity index (χ1) is 17.1. The van der Waals surface area contributed by atoms with Crippen molar-refractivity contribution in [3.05, 3.63) is 131 Å². The van der Waals surface area contributed by atoms with E-state index in [-0.39, 0.29) is 23.8 Å². The van der Waals surface area contributed by atoms with Gasteiger partial charge >= 0.3 is 0 Å². The Kier molecular flexibility index (Phi) is 5.03. The van der Waals surface area contributed by atoms with E-state index in [0.717, 1.165) is 44.4 Å². The predicted molar refractivity (Wildman–Crippen MR) is 138 cm³/mol. The summed E-state index contributed by atoms with van der Waals surface area (Å²) in [5, 5.41) is 1.09. The van der Waals surface area contributed by atoms with Crippen LogP contribution in [0.1, 0.15) is 46.1 Å². The van der Waals surface area contributed by atoms with Crippen LogP contribution in [0.15, 0.2) is 103 Å². The third-order valence-corrected chi connectivity index (χ3v) is 7.23. The fraction of sp³-hybridized carbons (Fsp3) is 0.129. The van der Waals surface area contributed by atoms with Crippen molar-refractivity contribution in [3.63, 3.8) is 0 Å². The van der Waals surface area contributed by atoms with Crippen molar-refractivity contribution in [1.82, 2.24) is 9.47 Å². The molecule has 35 heavy (non-hydrogen) atoms. The molecular formula is C31H25FN2O. The minimum absolute atomic E-state index is 0.0277. The largest absolute Gasteiger partial charge is 0.343 e. The predicted octanol–water partition coefficient (Wildman–Crippen LogP) is 7.29. The van der Waals surface area contributed by atoms with Gasteiger partial charge in [-0.05, 0) is 60.0 Å². The van der Waals surface area contributed by atoms with Crippen molar-refractivity contribution in [2.24, 2.45) is 7.05 Å². The second-order valence-corrected chi connectivity index (χ2v) is 9.13. The van der Waals surface area contributed by atoms with Crippen LogP contribution >= 0.6 is 0 Å². The highest BCUT2D eigenvalue weighted by Gasteiger charge is 2.43. The quantitative estimate of drug-likeness (QED) is 0.276. The summed E-state index contributed by atoms with van der Waals surface area (Å²) in [6.07, 6.45) is 0. The lowest BCUT2D eigenvalue weighted by atomic mass is 9.92. The molecule has 2 heterocycles. The first kappa shape index (κ1) is 21.4. The van der Waals surface area contributed by atoms with Gasteiger partial charge in [0.1, 0.15) is 5.82 Å². The zero-order valence-corrected chi connectivity index (χ0v) is 19.7. The number of carbonyl (C=O) groups is 1. The highest BCUT2D eigenvalue weighted by molar-refractivity contribution is 6.02. The van der Waals surface area contributed by atoms with E-state index < -0.39 is 0 Å². The van der Waals surface area contributed by atoms with Gasteiger partial charge in [0.05, 0.1) is 17.8 Å². The Bertz CT molecular complexity index is 1550. The molecule has 0 saturated carbocycles. The van der Waals surface area contributed by atoms with E-state index >= 15 is 0 Å². The second kappa shape index (κ2) is 8.24. The zero-order valence-electron chi connectivity index (χ0n) is 19.7. The fourth-order valence-corrected chi connectivity index (χ4v) is 5.58. The summed E-state index contributed by atoms with van der Waals surface area (Å²) in [7, 11) is 2.04. The van der Waals surface area contributed by atoms with E-state index in [1.807, 2.05) is 72.6 Å². The summed E-state index contributed by atoms with van der Waals surface area (Å²) in [5.41, 5.74) is 6.87. The fourth-order valence-electron chi connectivity index (χ4n) is 5.58. The molecule has 1 amide bonds. The summed E-state index contributed by atoms with van der Waals surface area (Å²) in [6, 6.07) is 32.6. The maximum Gasteiger partial charge on any atom is 0.255 e. The van der Waals surface area contributed by atoms with Crippen LogP contribution in [0.4, 0.5) is 4.39 Å². The van der Waals surface area contributed by atoms with Crippen molar-refractivity contribution in [3.8, 4) is 11.3 Å². The molecule has 2 atom stereocenters. The van der Waals surface area contributed by atoms with Gasteiger partial charge in [-0.1, -0.05) is 66.7 Å². The lowest BCUT2D eigenvalue weighted by Gasteiger charge is -2.32. The summed E-state index contributed by atoms with van der Waals surface area (Å²) in [4.78, 5) is 15.9. The topological polar surface area (TPSA) is 25.2 Å². The van der Waals surface area contributed by atoms with Gasteiger partial charge in [0.25, 0.3) is 5.91 Å². The SMILES string of the molecule is C[C@@H](c1ccccc1)N1C(=O)c2ccccc2[C@@H]1c1c(-c2ccc(F)cc2)n(C)c2ccccc12. The van der Waals surface area contributed by atoms with Crippen molar-refractivity contribution >= 4 is 16.8 Å². The Balaban J connectivity index is 1.66. The number of benzene rings is 4. The number of hydrogen-bond acceptors (Lipinski definition) is 1. The summed E-state index contributed by atoms with van der Waals surface area (Å²) >= 11 is 0. The Morgan fingerprint density at radius 3 is 2.23 bits per heavy atom. The van der Waals surface area contributed by atoms with Gasteiger partial charge in [0.2, 0.25) is 0 Å². The lowest BCUT2D eigenvalue weighted by Crippen LogP contribution is -2.31. The second-order valence-electron chi connectivity index (χ2n) is 9.13. The van der Waals surface area contributed by atoms with E-state index in [1.165, 1.54) is 12.1 Å². The highest BCUT2D eigenvalue weighted by Crippen LogP contribution is 2.49. The molecule has 1 aliphatic heterocycles. The third-order valence-electron chi connectivity index (χ3n) is 7.23. The summed E-state index contributed by atoms with van der Waals surface area (Å²) < 4.78 is 16.0. The molecule has 0 bridgehead atoms. The molecule has 1 aliphatic rings. The van der Waals surface area contributed by atoms with Gasteiger partial charge in [-0.15, -0.1) is 0 Å². The molecule has 0 unspecified atom stereocenters. The Hall–Kier alpha value is -4.18. The Morgan fingerprint density at radius 2 is 1.46 bits per heavy atom. The molecule has 1 aromatic heterocycles. The monoisotopic (exact) mass is 460 g/mol. The molecule has 4 heteroatoms. The van der Waals surface area contributed by atoms with E-state index in [2.05, 4.69) is 41.8 Å². The van der Waals surface area contributed by atoms with E-state index in [4.69, 9.17) is 0 Å². The third kappa shape index (κ3) is 3.28. The molecule has 6 rings (SSSR count). The molecule has 4 aromatic carbocycles. The van der Waals surface area contributed by atoms with Crippen LogP contribution in [0.25, 0.3) is 22.2 Å². The molecule has 0 spiro atoms. The van der Waals surface area contributed by atoms with Crippen molar-refractivity contribution in [2.75, 3.05) is 0 Å². The van der Waals surface area contributed by atoms with Gasteiger partial charge in [-0.2, -0.15) is 0 Å². The first-order valence-electron chi connectivity index (χ1n) is 11.9. The Morgan fingerprint density at radius 1 is 0.800 bits per heavy atom. The Labute approximate surface area is 204 Å². The normalized spacial score (nSPS) is 16.0. The van der Waals surface area contributed by atoms with Gasteiger partial charge in [0.15, 0.2) is 0 Å². The first-order valence-corrected chi connectivity index (χ1v) is 11.9. The van der Waals surface area contributed by atoms with Crippen LogP contribution < -0.4 is 0 Å². The van der Waals surface area contributed by atoms with Gasteiger partial charge < -0.3 is 9.47 Å². The van der Waals surface area contributed by atoms with Crippen molar-refractivity contribution in [2.45, 2.75) is 19.0 Å². The number of aromatic nitrogens is 1. The maximum atomic E-state index is 13.9. The molecule has 5 aromatic rings. The summed E-state index contributed by atoms with van der Waals surface area (Å²) in [6.45, 7) is 2.09. The van der Waals surface area contributed by atoms with Crippen LogP contribution in [0.3, 0.4) is 0 Å². The van der Waals surface area contributed by atoms with Crippen LogP contribution in [0, 0.1) is 5.82 Å². The zero-order chi connectivity index (χ0) is 24.1. The van der Waals surface area contributed by atoms with E-state index in [1.54, 1.807) is 0 Å². The molecule has 0 fully saturated rings. The average Bonchev–Trinajstić information content (AvgIpc) is 3.35. The van der Waals surface area contributed by atoms with Crippen molar-refractivity contribution < 1.29 is 9.18 Å². The van der Waals surface area contributed by atoms with Crippen LogP contribution in [0.5, 0.6) is 0 Å². The highest BCUT2D eigenvalue weighted by atomic mass is 19.1. The number of para-hydroxylation sites is 1. The smallest absolute Gasteiger partial charge is 0.255 e. The average molecular weight is 461 g/mol. The molecule has 0 aliphatic carbocycles. The number of fused-ring (bicyclic) bond motifs is 2. The number of halogens is 1. The van der Waals surface area contributed by atoms with Crippen molar-refractivity contribution in [1.29, 1.82) is 0 Å².